The summed E-state index contributed by atoms with van der Waals surface area (Å²) in [6.07, 6.45) is -2.07. The summed E-state index contributed by atoms with van der Waals surface area (Å²) >= 11 is 5.31. The first-order valence-electron chi connectivity index (χ1n) is 3.58. The number of carbonyl (C=O) groups is 1. The molecule has 2 nitrogen and oxygen atoms in total. The first kappa shape index (κ1) is 11.0. The Kier molecular flexibility index (Phi) is 3.46. The molecule has 0 fully saturated rings. The third kappa shape index (κ3) is 1.87. The second-order valence-electron chi connectivity index (χ2n) is 2.45. The molecule has 0 aliphatic carbocycles. The van der Waals surface area contributed by atoms with Crippen LogP contribution in [0.15, 0.2) is 6.20 Å². The van der Waals surface area contributed by atoms with Gasteiger partial charge in [-0.2, -0.15) is 4.39 Å². The normalized spacial score (nSPS) is 10.6. The summed E-state index contributed by atoms with van der Waals surface area (Å²) in [6.45, 7) is 0. The Balaban J connectivity index is 3.40. The monoisotopic (exact) mass is 223 g/mol. The molecule has 0 amide bonds. The van der Waals surface area contributed by atoms with Crippen LogP contribution >= 0.6 is 11.6 Å². The topological polar surface area (TPSA) is 30.0 Å². The highest BCUT2D eigenvalue weighted by molar-refractivity contribution is 6.17. The highest BCUT2D eigenvalue weighted by atomic mass is 35.5. The minimum atomic E-state index is -2.87. The van der Waals surface area contributed by atoms with Crippen molar-refractivity contribution in [1.29, 1.82) is 0 Å². The Morgan fingerprint density at radius 1 is 1.57 bits per heavy atom. The molecule has 0 unspecified atom stereocenters. The molecule has 0 spiro atoms. The molecule has 6 heteroatoms. The minimum absolute atomic E-state index is 0.157. The van der Waals surface area contributed by atoms with Gasteiger partial charge in [-0.05, 0) is 0 Å². The Morgan fingerprint density at radius 3 is 2.64 bits per heavy atom. The van der Waals surface area contributed by atoms with Crippen LogP contribution in [-0.2, 0) is 5.88 Å². The van der Waals surface area contributed by atoms with Gasteiger partial charge in [0.2, 0.25) is 5.95 Å². The minimum Gasteiger partial charge on any atom is -0.298 e. The van der Waals surface area contributed by atoms with E-state index in [1.54, 1.807) is 0 Å². The van der Waals surface area contributed by atoms with E-state index in [-0.39, 0.29) is 17.7 Å². The van der Waals surface area contributed by atoms with E-state index in [4.69, 9.17) is 11.6 Å². The van der Waals surface area contributed by atoms with Crippen LogP contribution in [0, 0.1) is 5.95 Å². The zero-order valence-corrected chi connectivity index (χ0v) is 7.56. The first-order chi connectivity index (χ1) is 6.61. The highest BCUT2D eigenvalue weighted by Crippen LogP contribution is 2.25. The number of pyridine rings is 1. The zero-order valence-electron chi connectivity index (χ0n) is 6.81. The summed E-state index contributed by atoms with van der Waals surface area (Å²) in [7, 11) is 0. The summed E-state index contributed by atoms with van der Waals surface area (Å²) in [5.74, 6) is -1.36. The number of aldehydes is 1. The van der Waals surface area contributed by atoms with Crippen LogP contribution in [0.3, 0.4) is 0 Å². The Hall–Kier alpha value is -1.10. The van der Waals surface area contributed by atoms with Crippen LogP contribution in [0.4, 0.5) is 13.2 Å². The quantitative estimate of drug-likeness (QED) is 0.448. The van der Waals surface area contributed by atoms with E-state index in [2.05, 4.69) is 4.98 Å². The zero-order chi connectivity index (χ0) is 10.7. The van der Waals surface area contributed by atoms with Crippen molar-refractivity contribution >= 4 is 17.9 Å². The van der Waals surface area contributed by atoms with Gasteiger partial charge in [0.15, 0.2) is 6.29 Å². The average Bonchev–Trinajstić information content (AvgIpc) is 2.16. The lowest BCUT2D eigenvalue weighted by Crippen LogP contribution is -2.03. The standard InChI is InChI=1S/C8H5ClF3NO/c9-1-4-6(3-14)5(7(10)11)2-13-8(4)12/h2-3,7H,1H2. The van der Waals surface area contributed by atoms with Crippen molar-refractivity contribution in [3.05, 3.63) is 28.8 Å². The SMILES string of the molecule is O=Cc1c(C(F)F)cnc(F)c1CCl. The van der Waals surface area contributed by atoms with Gasteiger partial charge in [-0.1, -0.05) is 0 Å². The maximum atomic E-state index is 12.9. The van der Waals surface area contributed by atoms with Crippen molar-refractivity contribution in [2.75, 3.05) is 0 Å². The van der Waals surface area contributed by atoms with E-state index in [1.165, 1.54) is 0 Å². The number of aromatic nitrogens is 1. The number of alkyl halides is 3. The second kappa shape index (κ2) is 4.41. The number of rotatable bonds is 3. The number of hydrogen-bond donors (Lipinski definition) is 0. The summed E-state index contributed by atoms with van der Waals surface area (Å²) in [6, 6.07) is 0. The van der Waals surface area contributed by atoms with Gasteiger partial charge in [0, 0.05) is 22.9 Å². The second-order valence-corrected chi connectivity index (χ2v) is 2.72. The fourth-order valence-electron chi connectivity index (χ4n) is 0.999. The maximum Gasteiger partial charge on any atom is 0.266 e. The van der Waals surface area contributed by atoms with Crippen molar-refractivity contribution in [3.63, 3.8) is 0 Å². The predicted molar refractivity (Wildman–Crippen MR) is 44.1 cm³/mol. The van der Waals surface area contributed by atoms with Gasteiger partial charge in [0.05, 0.1) is 5.88 Å². The maximum absolute atomic E-state index is 12.9. The van der Waals surface area contributed by atoms with Crippen LogP contribution < -0.4 is 0 Å². The molecule has 0 bridgehead atoms. The number of hydrogen-bond acceptors (Lipinski definition) is 2. The van der Waals surface area contributed by atoms with Crippen LogP contribution in [0.1, 0.15) is 27.9 Å². The van der Waals surface area contributed by atoms with Crippen molar-refractivity contribution in [2.24, 2.45) is 0 Å². The van der Waals surface area contributed by atoms with E-state index < -0.39 is 23.5 Å². The molecule has 0 saturated carbocycles. The Labute approximate surface area is 82.7 Å². The van der Waals surface area contributed by atoms with E-state index in [0.29, 0.717) is 6.20 Å². The highest BCUT2D eigenvalue weighted by Gasteiger charge is 2.19. The van der Waals surface area contributed by atoms with Gasteiger partial charge >= 0.3 is 0 Å². The first-order valence-corrected chi connectivity index (χ1v) is 4.11. The van der Waals surface area contributed by atoms with Gasteiger partial charge in [-0.3, -0.25) is 4.79 Å². The lowest BCUT2D eigenvalue weighted by molar-refractivity contribution is 0.110. The fourth-order valence-corrected chi connectivity index (χ4v) is 1.25. The number of halogens is 4. The van der Waals surface area contributed by atoms with Gasteiger partial charge in [-0.15, -0.1) is 11.6 Å². The largest absolute Gasteiger partial charge is 0.298 e. The van der Waals surface area contributed by atoms with Gasteiger partial charge in [0.25, 0.3) is 6.43 Å². The summed E-state index contributed by atoms with van der Waals surface area (Å²) in [4.78, 5) is 13.6. The summed E-state index contributed by atoms with van der Waals surface area (Å²) in [5, 5.41) is 0. The molecule has 0 radical (unpaired) electrons. The van der Waals surface area contributed by atoms with E-state index in [9.17, 15) is 18.0 Å². The smallest absolute Gasteiger partial charge is 0.266 e. The van der Waals surface area contributed by atoms with Crippen molar-refractivity contribution < 1.29 is 18.0 Å². The van der Waals surface area contributed by atoms with Gasteiger partial charge < -0.3 is 0 Å². The fraction of sp³-hybridized carbons (Fsp3) is 0.250. The third-order valence-corrected chi connectivity index (χ3v) is 1.96. The summed E-state index contributed by atoms with van der Waals surface area (Å²) in [5.41, 5.74) is -1.31. The molecular weight excluding hydrogens is 219 g/mol. The molecular formula is C8H5ClF3NO. The van der Waals surface area contributed by atoms with Crippen LogP contribution in [0.2, 0.25) is 0 Å². The number of nitrogens with zero attached hydrogens (tertiary/aromatic N) is 1. The molecule has 1 aromatic rings. The Bertz CT molecular complexity index is 357. The lowest BCUT2D eigenvalue weighted by atomic mass is 10.1. The van der Waals surface area contributed by atoms with E-state index >= 15 is 0 Å². The Morgan fingerprint density at radius 2 is 2.21 bits per heavy atom. The van der Waals surface area contributed by atoms with Gasteiger partial charge in [-0.25, -0.2) is 13.8 Å². The molecule has 0 N–H and O–H groups in total. The van der Waals surface area contributed by atoms with Crippen LogP contribution in [-0.4, -0.2) is 11.3 Å². The van der Waals surface area contributed by atoms with E-state index in [1.807, 2.05) is 0 Å². The lowest BCUT2D eigenvalue weighted by Gasteiger charge is -2.07. The molecule has 0 aliphatic rings. The van der Waals surface area contributed by atoms with Gasteiger partial charge in [0.1, 0.15) is 0 Å². The average molecular weight is 224 g/mol. The van der Waals surface area contributed by atoms with E-state index in [0.717, 1.165) is 0 Å². The third-order valence-electron chi connectivity index (χ3n) is 1.69. The molecule has 0 aromatic carbocycles. The summed E-state index contributed by atoms with van der Waals surface area (Å²) < 4.78 is 37.5. The molecule has 1 aromatic heterocycles. The molecule has 0 aliphatic heterocycles. The molecule has 0 saturated heterocycles. The predicted octanol–water partition coefficient (Wildman–Crippen LogP) is 2.71. The molecule has 76 valence electrons. The van der Waals surface area contributed by atoms with Crippen molar-refractivity contribution in [3.8, 4) is 0 Å². The number of carbonyl (C=O) groups excluding carboxylic acids is 1. The van der Waals surface area contributed by atoms with Crippen molar-refractivity contribution in [1.82, 2.24) is 4.98 Å². The molecule has 14 heavy (non-hydrogen) atoms. The van der Waals surface area contributed by atoms with Crippen LogP contribution in [0.25, 0.3) is 0 Å². The molecule has 1 heterocycles. The molecule has 0 atom stereocenters. The van der Waals surface area contributed by atoms with Crippen molar-refractivity contribution in [2.45, 2.75) is 12.3 Å². The van der Waals surface area contributed by atoms with Crippen LogP contribution in [0.5, 0.6) is 0 Å². The molecule has 1 rings (SSSR count).